The van der Waals surface area contributed by atoms with Gasteiger partial charge in [0.2, 0.25) is 17.5 Å². The number of likely N-dealkylation sites (tertiary alicyclic amines) is 1. The van der Waals surface area contributed by atoms with Crippen LogP contribution in [0, 0.1) is 12.0 Å². The Morgan fingerprint density at radius 3 is 2.14 bits per heavy atom. The van der Waals surface area contributed by atoms with Gasteiger partial charge in [0, 0.05) is 93.9 Å². The number of hydrogen-bond acceptors (Lipinski definition) is 9. The van der Waals surface area contributed by atoms with E-state index in [2.05, 4.69) is 43.9 Å². The van der Waals surface area contributed by atoms with Crippen molar-refractivity contribution in [3.05, 3.63) is 98.9 Å². The molecule has 306 valence electrons. The predicted octanol–water partition coefficient (Wildman–Crippen LogP) is 5.81. The summed E-state index contributed by atoms with van der Waals surface area (Å²) in [6.45, 7) is 15.5. The molecule has 3 aromatic carbocycles. The van der Waals surface area contributed by atoms with Crippen molar-refractivity contribution in [3.8, 4) is 0 Å². The number of carbonyl (C=O) groups is 5. The van der Waals surface area contributed by atoms with Crippen molar-refractivity contribution in [2.45, 2.75) is 82.6 Å². The van der Waals surface area contributed by atoms with Gasteiger partial charge in [0.25, 0.3) is 17.7 Å². The van der Waals surface area contributed by atoms with Gasteiger partial charge < -0.3 is 19.4 Å². The van der Waals surface area contributed by atoms with Crippen LogP contribution in [0.4, 0.5) is 17.1 Å². The van der Waals surface area contributed by atoms with Gasteiger partial charge in [-0.1, -0.05) is 17.7 Å². The number of hydrogen-bond donors (Lipinski definition) is 1. The Morgan fingerprint density at radius 1 is 0.898 bits per heavy atom. The van der Waals surface area contributed by atoms with Gasteiger partial charge in [0.05, 0.1) is 23.3 Å². The first-order chi connectivity index (χ1) is 28.4. The smallest absolute Gasteiger partial charge is 0.262 e. The quantitative estimate of drug-likeness (QED) is 0.232. The summed E-state index contributed by atoms with van der Waals surface area (Å²) in [5.74, 6) is -2.00. The average Bonchev–Trinajstić information content (AvgIpc) is 3.86. The van der Waals surface area contributed by atoms with Crippen molar-refractivity contribution < 1.29 is 28.7 Å². The van der Waals surface area contributed by atoms with Crippen molar-refractivity contribution in [2.75, 3.05) is 56.2 Å². The highest BCUT2D eigenvalue weighted by atomic mass is 35.5. The van der Waals surface area contributed by atoms with Crippen molar-refractivity contribution in [1.82, 2.24) is 20.0 Å². The molecule has 0 aliphatic carbocycles. The van der Waals surface area contributed by atoms with Crippen LogP contribution < -0.4 is 15.1 Å². The van der Waals surface area contributed by atoms with Gasteiger partial charge in [0.1, 0.15) is 6.04 Å². The van der Waals surface area contributed by atoms with Crippen LogP contribution in [0.25, 0.3) is 4.85 Å². The van der Waals surface area contributed by atoms with Crippen LogP contribution in [0.15, 0.2) is 54.6 Å². The number of methoxy groups -OCH3 is 1. The molecule has 1 unspecified atom stereocenters. The first kappa shape index (κ1) is 39.2. The van der Waals surface area contributed by atoms with E-state index in [9.17, 15) is 24.0 Å². The van der Waals surface area contributed by atoms with Gasteiger partial charge in [-0.25, -0.2) is 4.85 Å². The van der Waals surface area contributed by atoms with Gasteiger partial charge in [-0.15, -0.1) is 0 Å². The van der Waals surface area contributed by atoms with Gasteiger partial charge >= 0.3 is 0 Å². The zero-order valence-electron chi connectivity index (χ0n) is 33.5. The maximum atomic E-state index is 13.7. The van der Waals surface area contributed by atoms with E-state index in [1.165, 1.54) is 0 Å². The highest BCUT2D eigenvalue weighted by molar-refractivity contribution is 6.33. The van der Waals surface area contributed by atoms with E-state index in [4.69, 9.17) is 22.9 Å². The van der Waals surface area contributed by atoms with Gasteiger partial charge in [-0.2, -0.15) is 0 Å². The van der Waals surface area contributed by atoms with E-state index >= 15 is 0 Å². The van der Waals surface area contributed by atoms with Crippen LogP contribution in [0.5, 0.6) is 0 Å². The van der Waals surface area contributed by atoms with E-state index in [0.29, 0.717) is 79.0 Å². The van der Waals surface area contributed by atoms with Crippen molar-refractivity contribution in [2.24, 2.45) is 5.41 Å². The normalized spacial score (nSPS) is 23.8. The molecule has 6 aliphatic heterocycles. The second kappa shape index (κ2) is 15.1. The van der Waals surface area contributed by atoms with E-state index in [1.54, 1.807) is 19.2 Å². The number of amides is 5. The minimum absolute atomic E-state index is 0.0206. The van der Waals surface area contributed by atoms with E-state index in [1.807, 2.05) is 35.2 Å². The summed E-state index contributed by atoms with van der Waals surface area (Å²) in [6, 6.07) is 16.8. The van der Waals surface area contributed by atoms with Gasteiger partial charge in [-0.05, 0) is 111 Å². The molecular weight excluding hydrogens is 770 g/mol. The Hall–Kier alpha value is -5.29. The molecule has 6 heterocycles. The number of fused-ring (bicyclic) bond motifs is 2. The number of nitrogens with zero attached hydrogens (tertiary/aromatic N) is 6. The monoisotopic (exact) mass is 817 g/mol. The SMILES string of the molecule is [C-]#[N+]c1ccc(N2CC3(CCN(c4ccc(C(=O)N5CCC(CN6Cc7cc8c(cc7C6)C(=O)N(C6CCC(=O)NC6=O)C8=O)(OC)CC5)cc4)CC3)C[C@@H]2C)cc1Cl. The summed E-state index contributed by atoms with van der Waals surface area (Å²) in [4.78, 5) is 78.2. The largest absolute Gasteiger partial charge is 0.377 e. The summed E-state index contributed by atoms with van der Waals surface area (Å²) in [5, 5.41) is 2.75. The molecule has 5 amide bonds. The molecule has 0 saturated carbocycles. The zero-order valence-corrected chi connectivity index (χ0v) is 34.2. The number of nitrogens with one attached hydrogen (secondary N) is 1. The molecule has 0 radical (unpaired) electrons. The van der Waals surface area contributed by atoms with Crippen LogP contribution in [-0.2, 0) is 27.4 Å². The molecule has 13 nitrogen and oxygen atoms in total. The fraction of sp³-hybridized carbons (Fsp3) is 0.467. The summed E-state index contributed by atoms with van der Waals surface area (Å²) < 4.78 is 6.17. The first-order valence-corrected chi connectivity index (χ1v) is 21.0. The summed E-state index contributed by atoms with van der Waals surface area (Å²) in [5.41, 5.74) is 5.70. The molecule has 1 spiro atoms. The van der Waals surface area contributed by atoms with Crippen LogP contribution in [0.1, 0.15) is 94.1 Å². The maximum Gasteiger partial charge on any atom is 0.262 e. The lowest BCUT2D eigenvalue weighted by atomic mass is 9.76. The molecule has 14 heteroatoms. The van der Waals surface area contributed by atoms with Crippen LogP contribution in [-0.4, -0.2) is 108 Å². The molecule has 1 N–H and O–H groups in total. The minimum atomic E-state index is -0.989. The third-order valence-corrected chi connectivity index (χ3v) is 14.2. The summed E-state index contributed by atoms with van der Waals surface area (Å²) in [7, 11) is 1.73. The highest BCUT2D eigenvalue weighted by Gasteiger charge is 2.47. The molecule has 4 fully saturated rings. The molecule has 59 heavy (non-hydrogen) atoms. The number of halogens is 1. The van der Waals surface area contributed by atoms with E-state index in [-0.39, 0.29) is 24.2 Å². The van der Waals surface area contributed by atoms with Crippen LogP contribution in [0.2, 0.25) is 5.02 Å². The number of ether oxygens (including phenoxy) is 1. The van der Waals surface area contributed by atoms with Crippen molar-refractivity contribution in [3.63, 3.8) is 0 Å². The van der Waals surface area contributed by atoms with Crippen molar-refractivity contribution >= 4 is 58.2 Å². The first-order valence-electron chi connectivity index (χ1n) is 20.6. The van der Waals surface area contributed by atoms with E-state index in [0.717, 1.165) is 66.3 Å². The maximum absolute atomic E-state index is 13.7. The molecular formula is C45H48ClN7O6. The van der Waals surface area contributed by atoms with Crippen molar-refractivity contribution in [1.29, 1.82) is 0 Å². The lowest BCUT2D eigenvalue weighted by Crippen LogP contribution is -2.54. The number of imide groups is 2. The Morgan fingerprint density at radius 2 is 1.54 bits per heavy atom. The number of benzene rings is 3. The molecule has 6 aliphatic rings. The average molecular weight is 818 g/mol. The molecule has 0 bridgehead atoms. The summed E-state index contributed by atoms with van der Waals surface area (Å²) >= 11 is 6.39. The molecule has 3 aromatic rings. The fourth-order valence-electron chi connectivity index (χ4n) is 10.5. The fourth-order valence-corrected chi connectivity index (χ4v) is 10.7. The molecule has 4 saturated heterocycles. The predicted molar refractivity (Wildman–Crippen MR) is 222 cm³/mol. The van der Waals surface area contributed by atoms with Gasteiger partial charge in [-0.3, -0.25) is 39.1 Å². The Labute approximate surface area is 349 Å². The minimum Gasteiger partial charge on any atom is -0.377 e. The Bertz CT molecular complexity index is 2250. The second-order valence-electron chi connectivity index (χ2n) is 17.4. The standard InChI is InChI=1S/C45H48ClN7O6/c1-28-23-44(26-52(28)33-8-9-37(47-2)36(46)22-33)12-16-50(17-13-44)32-6-4-29(5-7-32)41(56)51-18-14-45(59-3,15-19-51)27-49-24-30-20-34-35(21-31(30)25-49)43(58)53(42(34)57)38-10-11-39(54)48-40(38)55/h4-9,20-22,28,38H,10-19,23-27H2,1,3H3,(H,48,54,55)/t28-,38?/m0/s1. The second-order valence-corrected chi connectivity index (χ2v) is 17.8. The third kappa shape index (κ3) is 7.04. The number of anilines is 2. The Balaban J connectivity index is 0.771. The summed E-state index contributed by atoms with van der Waals surface area (Å²) in [6.07, 6.45) is 4.87. The Kier molecular flexibility index (Phi) is 10.0. The lowest BCUT2D eigenvalue weighted by molar-refractivity contribution is -0.136. The zero-order chi connectivity index (χ0) is 41.2. The molecule has 9 rings (SSSR count). The molecule has 0 aromatic heterocycles. The van der Waals surface area contributed by atoms with Gasteiger partial charge in [0.15, 0.2) is 0 Å². The third-order valence-electron chi connectivity index (χ3n) is 13.9. The highest BCUT2D eigenvalue weighted by Crippen LogP contribution is 2.46. The number of piperidine rings is 3. The van der Waals surface area contributed by atoms with Crippen LogP contribution in [0.3, 0.4) is 0 Å². The van der Waals surface area contributed by atoms with E-state index < -0.39 is 35.3 Å². The van der Waals surface area contributed by atoms with Crippen LogP contribution >= 0.6 is 11.6 Å². The number of carbonyl (C=O) groups excluding carboxylic acids is 5. The number of rotatable bonds is 7. The molecule has 2 atom stereocenters. The topological polar surface area (TPSA) is 127 Å². The lowest BCUT2D eigenvalue weighted by Gasteiger charge is -2.43.